The summed E-state index contributed by atoms with van der Waals surface area (Å²) in [6, 6.07) is 16.8. The summed E-state index contributed by atoms with van der Waals surface area (Å²) in [6.45, 7) is 15.1. The van der Waals surface area contributed by atoms with Crippen LogP contribution in [0.1, 0.15) is 85.3 Å². The first-order valence-corrected chi connectivity index (χ1v) is 24.3. The van der Waals surface area contributed by atoms with Crippen LogP contribution in [0.3, 0.4) is 0 Å². The number of nitrogens with zero attached hydrogens (tertiary/aromatic N) is 3. The third kappa shape index (κ3) is 13.0. The Morgan fingerprint density at radius 1 is 1.00 bits per heavy atom. The van der Waals surface area contributed by atoms with Gasteiger partial charge in [-0.15, -0.1) is 11.3 Å². The Hall–Kier alpha value is -4.84. The normalized spacial score (nSPS) is 19.5. The molecular weight excluding hydrogens is 874 g/mol. The molecule has 0 radical (unpaired) electrons. The van der Waals surface area contributed by atoms with Crippen molar-refractivity contribution in [2.75, 3.05) is 39.7 Å². The number of carbonyl (C=O) groups excluding carboxylic acids is 4. The number of ether oxygens (including phenoxy) is 2. The molecule has 67 heavy (non-hydrogen) atoms. The summed E-state index contributed by atoms with van der Waals surface area (Å²) in [5.74, 6) is -2.91. The molecule has 9 atom stereocenters. The number of anilines is 1. The van der Waals surface area contributed by atoms with E-state index in [4.69, 9.17) is 15.2 Å². The smallest absolute Gasteiger partial charge is 0.247 e. The Labute approximate surface area is 399 Å². The molecule has 1 aliphatic heterocycles. The van der Waals surface area contributed by atoms with Crippen molar-refractivity contribution in [1.82, 2.24) is 20.5 Å². The fraction of sp³-hybridized carbons (Fsp3) is 0.549. The fourth-order valence-electron chi connectivity index (χ4n) is 9.29. The van der Waals surface area contributed by atoms with E-state index in [2.05, 4.69) is 20.9 Å². The number of hydroxylamine groups is 3. The molecule has 1 saturated heterocycles. The zero-order chi connectivity index (χ0) is 49.4. The molecule has 4 aromatic rings. The van der Waals surface area contributed by atoms with Gasteiger partial charge in [0.05, 0.1) is 46.9 Å². The number of likely N-dealkylation sites (N-methyl/N-ethyl adjacent to an activating group) is 1. The zero-order valence-corrected chi connectivity index (χ0v) is 41.9. The van der Waals surface area contributed by atoms with Crippen LogP contribution in [0.4, 0.5) is 10.1 Å². The predicted octanol–water partition coefficient (Wildman–Crippen LogP) is 7.36. The first kappa shape index (κ1) is 53.1. The summed E-state index contributed by atoms with van der Waals surface area (Å²) in [4.78, 5) is 61.8. The number of thiazole rings is 1. The predicted molar refractivity (Wildman–Crippen MR) is 263 cm³/mol. The van der Waals surface area contributed by atoms with Gasteiger partial charge < -0.3 is 45.9 Å². The second-order valence-electron chi connectivity index (χ2n) is 19.3. The highest BCUT2D eigenvalue weighted by Gasteiger charge is 2.46. The van der Waals surface area contributed by atoms with Crippen molar-refractivity contribution in [3.63, 3.8) is 0 Å². The number of fused-ring (bicyclic) bond motifs is 1. The van der Waals surface area contributed by atoms with Crippen molar-refractivity contribution >= 4 is 50.9 Å². The largest absolute Gasteiger partial charge is 0.633 e. The van der Waals surface area contributed by atoms with Crippen LogP contribution in [0, 0.1) is 35.7 Å². The molecule has 366 valence electrons. The summed E-state index contributed by atoms with van der Waals surface area (Å²) in [6.07, 6.45) is 1.17. The molecule has 1 aliphatic rings. The number of aryl methyl sites for hydroxylation is 1. The maximum absolute atomic E-state index is 15.0. The molecule has 5 rings (SSSR count). The van der Waals surface area contributed by atoms with Gasteiger partial charge in [0.15, 0.2) is 0 Å². The number of amides is 4. The number of carbonyl (C=O) groups is 4. The Morgan fingerprint density at radius 3 is 2.31 bits per heavy atom. The SMILES string of the molecule is CCC(C)C(C(CC[N+]1([O-])CCCC1C(OC)C(C)C(=O)NC(Cc1ccccc1)C(=O)Nc1ccc(-c2nc3cc(F)ccc3s2)cc1C)OC)N(C)C(=O)C(NC(=O)C(C)(C)N)C(C)C. The van der Waals surface area contributed by atoms with E-state index in [1.165, 1.54) is 30.6 Å². The highest BCUT2D eigenvalue weighted by molar-refractivity contribution is 7.21. The number of quaternary nitrogens is 1. The molecule has 14 nitrogen and oxygen atoms in total. The van der Waals surface area contributed by atoms with Crippen molar-refractivity contribution in [2.45, 2.75) is 129 Å². The molecule has 3 aromatic carbocycles. The molecule has 0 spiro atoms. The molecule has 0 aliphatic carbocycles. The van der Waals surface area contributed by atoms with Crippen molar-refractivity contribution < 1.29 is 37.7 Å². The number of rotatable bonds is 22. The molecule has 4 amide bonds. The Balaban J connectivity index is 1.31. The number of aromatic nitrogens is 1. The molecule has 1 fully saturated rings. The number of hydrogen-bond acceptors (Lipinski definition) is 10. The van der Waals surface area contributed by atoms with Gasteiger partial charge in [-0.05, 0) is 74.1 Å². The average Bonchev–Trinajstić information content (AvgIpc) is 3.89. The summed E-state index contributed by atoms with van der Waals surface area (Å²) < 4.78 is 26.3. The summed E-state index contributed by atoms with van der Waals surface area (Å²) in [5.41, 5.74) is 8.50. The van der Waals surface area contributed by atoms with Gasteiger partial charge in [0.25, 0.3) is 0 Å². The lowest BCUT2D eigenvalue weighted by Crippen LogP contribution is -2.61. The minimum Gasteiger partial charge on any atom is -0.633 e. The van der Waals surface area contributed by atoms with Gasteiger partial charge in [-0.25, -0.2) is 9.37 Å². The van der Waals surface area contributed by atoms with Crippen LogP contribution in [0.5, 0.6) is 0 Å². The van der Waals surface area contributed by atoms with Crippen LogP contribution in [0.15, 0.2) is 66.7 Å². The lowest BCUT2D eigenvalue weighted by atomic mass is 9.89. The van der Waals surface area contributed by atoms with Gasteiger partial charge in [-0.3, -0.25) is 19.2 Å². The number of likely N-dealkylation sites (tertiary alicyclic amines) is 1. The van der Waals surface area contributed by atoms with E-state index in [0.29, 0.717) is 37.0 Å². The third-order valence-electron chi connectivity index (χ3n) is 13.5. The molecule has 9 unspecified atom stereocenters. The summed E-state index contributed by atoms with van der Waals surface area (Å²) in [5, 5.41) is 24.6. The van der Waals surface area contributed by atoms with Gasteiger partial charge in [0.2, 0.25) is 23.6 Å². The first-order valence-electron chi connectivity index (χ1n) is 23.4. The minimum absolute atomic E-state index is 0.0137. The monoisotopic (exact) mass is 946 g/mol. The lowest BCUT2D eigenvalue weighted by Gasteiger charge is -2.49. The van der Waals surface area contributed by atoms with E-state index in [1.807, 2.05) is 77.1 Å². The number of methoxy groups -OCH3 is 2. The van der Waals surface area contributed by atoms with E-state index in [9.17, 15) is 28.8 Å². The molecule has 0 saturated carbocycles. The van der Waals surface area contributed by atoms with Gasteiger partial charge >= 0.3 is 0 Å². The van der Waals surface area contributed by atoms with Crippen molar-refractivity contribution in [1.29, 1.82) is 0 Å². The quantitative estimate of drug-likeness (QED) is 0.0461. The molecule has 2 heterocycles. The van der Waals surface area contributed by atoms with Gasteiger partial charge in [0.1, 0.15) is 35.1 Å². The maximum atomic E-state index is 15.0. The zero-order valence-electron chi connectivity index (χ0n) is 41.1. The van der Waals surface area contributed by atoms with Crippen molar-refractivity contribution in [3.8, 4) is 10.6 Å². The highest BCUT2D eigenvalue weighted by atomic mass is 32.1. The Bertz CT molecular complexity index is 2320. The molecule has 1 aromatic heterocycles. The Kier molecular flexibility index (Phi) is 18.2. The average molecular weight is 946 g/mol. The molecule has 0 bridgehead atoms. The van der Waals surface area contributed by atoms with E-state index in [-0.39, 0.29) is 36.5 Å². The third-order valence-corrected chi connectivity index (χ3v) is 14.6. The number of hydrogen-bond donors (Lipinski definition) is 4. The Morgan fingerprint density at radius 2 is 1.70 bits per heavy atom. The second-order valence-corrected chi connectivity index (χ2v) is 20.3. The van der Waals surface area contributed by atoms with E-state index in [1.54, 1.807) is 52.0 Å². The number of benzene rings is 3. The van der Waals surface area contributed by atoms with Crippen LogP contribution >= 0.6 is 11.3 Å². The first-order chi connectivity index (χ1) is 31.6. The van der Waals surface area contributed by atoms with Crippen LogP contribution in [0.2, 0.25) is 0 Å². The molecule has 5 N–H and O–H groups in total. The van der Waals surface area contributed by atoms with Crippen molar-refractivity contribution in [2.24, 2.45) is 23.5 Å². The van der Waals surface area contributed by atoms with E-state index >= 15 is 0 Å². The maximum Gasteiger partial charge on any atom is 0.247 e. The van der Waals surface area contributed by atoms with Crippen LogP contribution in [-0.4, -0.2) is 114 Å². The number of halogens is 1. The van der Waals surface area contributed by atoms with Crippen LogP contribution < -0.4 is 21.7 Å². The summed E-state index contributed by atoms with van der Waals surface area (Å²) >= 11 is 1.45. The van der Waals surface area contributed by atoms with Gasteiger partial charge in [0, 0.05) is 64.3 Å². The fourth-order valence-corrected chi connectivity index (χ4v) is 10.2. The standard InChI is InChI=1S/C51H72FN7O7S/c1-12-31(4)44(58(9)49(62)43(30(2)3)57-50(63)51(7,8)53)41(65-10)24-26-59(64)25-16-19-40(59)45(66-11)33(6)46(60)55-39(28-34-17-14-13-15-18-34)47(61)54-37-22-20-35(27-32(37)5)48-56-38-29-36(52)21-23-42(38)67-48/h13-15,17-18,20-23,27,29-31,33,39-41,43-45H,12,16,19,24-26,28,53H2,1-11H3,(H,54,61)(H,55,60)(H,57,63). The lowest BCUT2D eigenvalue weighted by molar-refractivity contribution is -0.897. The second kappa shape index (κ2) is 23.0. The number of nitrogens with one attached hydrogen (secondary N) is 3. The van der Waals surface area contributed by atoms with Crippen LogP contribution in [-0.2, 0) is 35.1 Å². The van der Waals surface area contributed by atoms with E-state index < -0.39 is 70.2 Å². The highest BCUT2D eigenvalue weighted by Crippen LogP contribution is 2.35. The number of nitrogens with two attached hydrogens (primary N) is 1. The summed E-state index contributed by atoms with van der Waals surface area (Å²) in [7, 11) is 4.82. The van der Waals surface area contributed by atoms with Crippen LogP contribution in [0.25, 0.3) is 20.8 Å². The van der Waals surface area contributed by atoms with E-state index in [0.717, 1.165) is 32.8 Å². The molecule has 16 heteroatoms. The molecular formula is C51H72FN7O7S. The van der Waals surface area contributed by atoms with Gasteiger partial charge in [-0.1, -0.05) is 71.4 Å². The topological polar surface area (TPSA) is 188 Å². The van der Waals surface area contributed by atoms with Gasteiger partial charge in [-0.2, -0.15) is 0 Å². The van der Waals surface area contributed by atoms with Crippen molar-refractivity contribution in [3.05, 3.63) is 88.9 Å². The minimum atomic E-state index is -1.18.